The zero-order valence-electron chi connectivity index (χ0n) is 17.2. The number of hydrogen-bond acceptors (Lipinski definition) is 3. The molecular formula is C25H22ClN5. The van der Waals surface area contributed by atoms with Gasteiger partial charge in [-0.05, 0) is 42.8 Å². The van der Waals surface area contributed by atoms with Gasteiger partial charge in [0.1, 0.15) is 0 Å². The number of benzene rings is 3. The number of anilines is 1. The summed E-state index contributed by atoms with van der Waals surface area (Å²) in [6.07, 6.45) is 3.99. The molecule has 0 aliphatic rings. The Morgan fingerprint density at radius 1 is 0.968 bits per heavy atom. The standard InChI is InChI=1S/C25H22ClN5/c1-2-31-24-10-6-4-8-22(24)28-25(31)29-27-15-19-17-30(23-9-5-3-7-21(19)23)16-18-11-13-20(26)14-12-18/h3-15,17H,2,16H2,1H3,(H,28,29)/b27-15-. The van der Waals surface area contributed by atoms with Crippen LogP contribution in [-0.4, -0.2) is 20.3 Å². The average Bonchev–Trinajstić information content (AvgIpc) is 3.33. The van der Waals surface area contributed by atoms with E-state index in [1.165, 1.54) is 11.1 Å². The quantitative estimate of drug-likeness (QED) is 0.260. The molecular weight excluding hydrogens is 406 g/mol. The first-order valence-corrected chi connectivity index (χ1v) is 10.7. The Bertz CT molecular complexity index is 1380. The molecule has 0 saturated heterocycles. The Balaban J connectivity index is 1.44. The number of para-hydroxylation sites is 3. The molecule has 6 heteroatoms. The van der Waals surface area contributed by atoms with Crippen molar-refractivity contribution in [2.45, 2.75) is 20.0 Å². The minimum atomic E-state index is 0.741. The number of rotatable bonds is 6. The SMILES string of the molecule is CCn1c(N/N=C\c2cn(Cc3ccc(Cl)cc3)c3ccccc23)nc2ccccc21. The van der Waals surface area contributed by atoms with Crippen LogP contribution < -0.4 is 5.43 Å². The van der Waals surface area contributed by atoms with E-state index >= 15 is 0 Å². The summed E-state index contributed by atoms with van der Waals surface area (Å²) in [5.41, 5.74) is 8.60. The molecule has 2 heterocycles. The van der Waals surface area contributed by atoms with E-state index in [9.17, 15) is 0 Å². The molecule has 5 nitrogen and oxygen atoms in total. The van der Waals surface area contributed by atoms with E-state index in [2.05, 4.69) is 80.2 Å². The fraction of sp³-hybridized carbons (Fsp3) is 0.120. The second kappa shape index (κ2) is 8.28. The Labute approximate surface area is 185 Å². The minimum Gasteiger partial charge on any atom is -0.342 e. The Hall–Kier alpha value is -3.57. The van der Waals surface area contributed by atoms with Crippen LogP contribution in [0.1, 0.15) is 18.1 Å². The Kier molecular flexibility index (Phi) is 5.18. The molecule has 31 heavy (non-hydrogen) atoms. The molecule has 154 valence electrons. The van der Waals surface area contributed by atoms with E-state index in [4.69, 9.17) is 11.6 Å². The predicted molar refractivity (Wildman–Crippen MR) is 129 cm³/mol. The van der Waals surface area contributed by atoms with Crippen molar-refractivity contribution >= 4 is 45.7 Å². The van der Waals surface area contributed by atoms with E-state index in [0.29, 0.717) is 0 Å². The summed E-state index contributed by atoms with van der Waals surface area (Å²) >= 11 is 6.03. The minimum absolute atomic E-state index is 0.741. The molecule has 0 atom stereocenters. The van der Waals surface area contributed by atoms with Crippen LogP contribution in [0.15, 0.2) is 84.1 Å². The summed E-state index contributed by atoms with van der Waals surface area (Å²) in [5.74, 6) is 0.741. The molecule has 0 aliphatic heterocycles. The largest absolute Gasteiger partial charge is 0.342 e. The number of aryl methyl sites for hydroxylation is 1. The monoisotopic (exact) mass is 427 g/mol. The molecule has 0 spiro atoms. The van der Waals surface area contributed by atoms with Crippen molar-refractivity contribution in [1.82, 2.24) is 14.1 Å². The van der Waals surface area contributed by atoms with E-state index in [1.54, 1.807) is 0 Å². The summed E-state index contributed by atoms with van der Waals surface area (Å²) < 4.78 is 4.36. The van der Waals surface area contributed by atoms with Gasteiger partial charge in [-0.1, -0.05) is 54.1 Å². The lowest BCUT2D eigenvalue weighted by molar-refractivity contribution is 0.791. The molecule has 0 unspecified atom stereocenters. The number of imidazole rings is 1. The zero-order valence-corrected chi connectivity index (χ0v) is 17.9. The van der Waals surface area contributed by atoms with E-state index in [0.717, 1.165) is 46.0 Å². The number of halogens is 1. The number of hydrazone groups is 1. The molecule has 5 aromatic rings. The molecule has 0 bridgehead atoms. The molecule has 1 N–H and O–H groups in total. The average molecular weight is 428 g/mol. The second-order valence-electron chi connectivity index (χ2n) is 7.39. The first-order valence-electron chi connectivity index (χ1n) is 10.3. The molecule has 0 saturated carbocycles. The van der Waals surface area contributed by atoms with Gasteiger partial charge in [-0.25, -0.2) is 10.4 Å². The lowest BCUT2D eigenvalue weighted by Gasteiger charge is -2.05. The summed E-state index contributed by atoms with van der Waals surface area (Å²) in [6, 6.07) is 24.4. The van der Waals surface area contributed by atoms with Crippen molar-refractivity contribution in [3.8, 4) is 0 Å². The molecule has 0 amide bonds. The van der Waals surface area contributed by atoms with Crippen LogP contribution in [0.4, 0.5) is 5.95 Å². The normalized spacial score (nSPS) is 11.7. The predicted octanol–water partition coefficient (Wildman–Crippen LogP) is 6.16. The highest BCUT2D eigenvalue weighted by molar-refractivity contribution is 6.30. The maximum atomic E-state index is 6.03. The van der Waals surface area contributed by atoms with Crippen LogP contribution >= 0.6 is 11.6 Å². The number of fused-ring (bicyclic) bond motifs is 2. The lowest BCUT2D eigenvalue weighted by Crippen LogP contribution is -2.01. The second-order valence-corrected chi connectivity index (χ2v) is 7.83. The van der Waals surface area contributed by atoms with E-state index in [-0.39, 0.29) is 0 Å². The highest BCUT2D eigenvalue weighted by Gasteiger charge is 2.09. The third kappa shape index (κ3) is 3.80. The smallest absolute Gasteiger partial charge is 0.224 e. The summed E-state index contributed by atoms with van der Waals surface area (Å²) in [6.45, 7) is 3.69. The molecule has 0 radical (unpaired) electrons. The van der Waals surface area contributed by atoms with Gasteiger partial charge in [-0.2, -0.15) is 5.10 Å². The number of aromatic nitrogens is 3. The third-order valence-corrected chi connectivity index (χ3v) is 5.68. The molecule has 0 aliphatic carbocycles. The topological polar surface area (TPSA) is 47.1 Å². The van der Waals surface area contributed by atoms with Gasteiger partial charge >= 0.3 is 0 Å². The third-order valence-electron chi connectivity index (χ3n) is 5.42. The number of nitrogens with one attached hydrogen (secondary N) is 1. The highest BCUT2D eigenvalue weighted by Crippen LogP contribution is 2.23. The molecule has 2 aromatic heterocycles. The summed E-state index contributed by atoms with van der Waals surface area (Å²) in [7, 11) is 0. The van der Waals surface area contributed by atoms with E-state index in [1.807, 2.05) is 36.5 Å². The van der Waals surface area contributed by atoms with Gasteiger partial charge in [-0.3, -0.25) is 0 Å². The van der Waals surface area contributed by atoms with Crippen LogP contribution in [0, 0.1) is 0 Å². The summed E-state index contributed by atoms with van der Waals surface area (Å²) in [4.78, 5) is 4.67. The lowest BCUT2D eigenvalue weighted by atomic mass is 10.2. The molecule has 3 aromatic carbocycles. The maximum absolute atomic E-state index is 6.03. The zero-order chi connectivity index (χ0) is 21.2. The first kappa shape index (κ1) is 19.4. The molecule has 0 fully saturated rings. The number of hydrogen-bond donors (Lipinski definition) is 1. The highest BCUT2D eigenvalue weighted by atomic mass is 35.5. The van der Waals surface area contributed by atoms with Gasteiger partial charge in [0.05, 0.1) is 17.2 Å². The van der Waals surface area contributed by atoms with Crippen molar-refractivity contribution in [2.75, 3.05) is 5.43 Å². The number of nitrogens with zero attached hydrogens (tertiary/aromatic N) is 4. The van der Waals surface area contributed by atoms with Gasteiger partial charge in [0.25, 0.3) is 0 Å². The summed E-state index contributed by atoms with van der Waals surface area (Å²) in [5, 5.41) is 6.42. The van der Waals surface area contributed by atoms with E-state index < -0.39 is 0 Å². The van der Waals surface area contributed by atoms with Crippen molar-refractivity contribution < 1.29 is 0 Å². The van der Waals surface area contributed by atoms with Gasteiger partial charge in [0.2, 0.25) is 5.95 Å². The van der Waals surface area contributed by atoms with Crippen molar-refractivity contribution in [2.24, 2.45) is 5.10 Å². The maximum Gasteiger partial charge on any atom is 0.224 e. The van der Waals surface area contributed by atoms with Gasteiger partial charge < -0.3 is 9.13 Å². The van der Waals surface area contributed by atoms with Gasteiger partial charge in [-0.15, -0.1) is 0 Å². The van der Waals surface area contributed by atoms with Crippen LogP contribution in [0.2, 0.25) is 5.02 Å². The van der Waals surface area contributed by atoms with Crippen LogP contribution in [0.25, 0.3) is 21.9 Å². The Morgan fingerprint density at radius 3 is 2.52 bits per heavy atom. The van der Waals surface area contributed by atoms with Crippen LogP contribution in [0.3, 0.4) is 0 Å². The van der Waals surface area contributed by atoms with Crippen LogP contribution in [-0.2, 0) is 13.1 Å². The fourth-order valence-electron chi connectivity index (χ4n) is 3.94. The van der Waals surface area contributed by atoms with Crippen molar-refractivity contribution in [3.63, 3.8) is 0 Å². The first-order chi connectivity index (χ1) is 15.2. The van der Waals surface area contributed by atoms with Gasteiger partial charge in [0.15, 0.2) is 0 Å². The van der Waals surface area contributed by atoms with Gasteiger partial charge in [0, 0.05) is 40.8 Å². The van der Waals surface area contributed by atoms with Crippen molar-refractivity contribution in [3.05, 3.63) is 95.1 Å². The Morgan fingerprint density at radius 2 is 1.71 bits per heavy atom. The van der Waals surface area contributed by atoms with Crippen LogP contribution in [0.5, 0.6) is 0 Å². The van der Waals surface area contributed by atoms with Crippen molar-refractivity contribution in [1.29, 1.82) is 0 Å². The molecule has 5 rings (SSSR count). The fourth-order valence-corrected chi connectivity index (χ4v) is 4.06.